The van der Waals surface area contributed by atoms with Crippen LogP contribution >= 0.6 is 0 Å². The third-order valence-corrected chi connectivity index (χ3v) is 8.68. The quantitative estimate of drug-likeness (QED) is 0.0827. The SMILES string of the molecule is CCCCCCCCCCCCCCCCCc1ncnc(CCCCCCCCCCCCCCCCC)n1. The Morgan fingerprint density at radius 3 is 0.800 bits per heavy atom. The summed E-state index contributed by atoms with van der Waals surface area (Å²) in [6.07, 6.45) is 46.1. The van der Waals surface area contributed by atoms with Crippen LogP contribution in [0.3, 0.4) is 0 Å². The van der Waals surface area contributed by atoms with Crippen molar-refractivity contribution in [2.75, 3.05) is 0 Å². The average Bonchev–Trinajstić information content (AvgIpc) is 2.97. The van der Waals surface area contributed by atoms with Gasteiger partial charge in [-0.2, -0.15) is 0 Å². The molecule has 0 aliphatic carbocycles. The van der Waals surface area contributed by atoms with Crippen molar-refractivity contribution in [2.45, 2.75) is 219 Å². The van der Waals surface area contributed by atoms with E-state index in [0.29, 0.717) is 0 Å². The van der Waals surface area contributed by atoms with Crippen molar-refractivity contribution >= 4 is 0 Å². The number of unbranched alkanes of at least 4 members (excludes halogenated alkanes) is 28. The van der Waals surface area contributed by atoms with Gasteiger partial charge in [0, 0.05) is 12.8 Å². The standard InChI is InChI=1S/C37H71N3/c1-3-5-7-9-11-13-15-17-19-21-23-25-27-29-31-33-36-38-35-39-37(40-36)34-32-30-28-26-24-22-20-18-16-14-12-10-8-6-4-2/h35H,3-34H2,1-2H3. The van der Waals surface area contributed by atoms with E-state index in [1.807, 2.05) is 0 Å². The lowest BCUT2D eigenvalue weighted by Gasteiger charge is -2.05. The van der Waals surface area contributed by atoms with Crippen LogP contribution in [0.4, 0.5) is 0 Å². The molecule has 1 aromatic heterocycles. The Kier molecular flexibility index (Phi) is 28.7. The van der Waals surface area contributed by atoms with Gasteiger partial charge in [-0.15, -0.1) is 0 Å². The molecule has 0 atom stereocenters. The zero-order valence-electron chi connectivity index (χ0n) is 27.5. The minimum absolute atomic E-state index is 1.01. The number of rotatable bonds is 32. The van der Waals surface area contributed by atoms with Crippen LogP contribution in [0.25, 0.3) is 0 Å². The highest BCUT2D eigenvalue weighted by Gasteiger charge is 2.02. The molecule has 0 unspecified atom stereocenters. The molecule has 1 heterocycles. The van der Waals surface area contributed by atoms with E-state index in [2.05, 4.69) is 23.8 Å². The van der Waals surface area contributed by atoms with E-state index in [1.165, 1.54) is 193 Å². The van der Waals surface area contributed by atoms with E-state index >= 15 is 0 Å². The minimum Gasteiger partial charge on any atom is -0.221 e. The smallest absolute Gasteiger partial charge is 0.132 e. The highest BCUT2D eigenvalue weighted by Crippen LogP contribution is 2.15. The van der Waals surface area contributed by atoms with Crippen LogP contribution in [0, 0.1) is 0 Å². The lowest BCUT2D eigenvalue weighted by Crippen LogP contribution is -2.02. The van der Waals surface area contributed by atoms with Crippen LogP contribution in [-0.2, 0) is 12.8 Å². The monoisotopic (exact) mass is 558 g/mol. The summed E-state index contributed by atoms with van der Waals surface area (Å²) in [5.41, 5.74) is 0. The van der Waals surface area contributed by atoms with Crippen LogP contribution in [0.2, 0.25) is 0 Å². The number of hydrogen-bond donors (Lipinski definition) is 0. The normalized spacial score (nSPS) is 11.4. The topological polar surface area (TPSA) is 38.7 Å². The molecular weight excluding hydrogens is 486 g/mol. The summed E-state index contributed by atoms with van der Waals surface area (Å²) >= 11 is 0. The van der Waals surface area contributed by atoms with Crippen LogP contribution in [0.5, 0.6) is 0 Å². The summed E-state index contributed by atoms with van der Waals surface area (Å²) in [5, 5.41) is 0. The summed E-state index contributed by atoms with van der Waals surface area (Å²) in [6.45, 7) is 4.60. The second-order valence-electron chi connectivity index (χ2n) is 12.7. The van der Waals surface area contributed by atoms with Gasteiger partial charge in [0.2, 0.25) is 0 Å². The summed E-state index contributed by atoms with van der Waals surface area (Å²) in [7, 11) is 0. The molecule has 234 valence electrons. The second kappa shape index (κ2) is 31.0. The van der Waals surface area contributed by atoms with E-state index in [-0.39, 0.29) is 0 Å². The van der Waals surface area contributed by atoms with Gasteiger partial charge in [-0.1, -0.05) is 194 Å². The van der Waals surface area contributed by atoms with Gasteiger partial charge in [0.15, 0.2) is 0 Å². The van der Waals surface area contributed by atoms with Crippen molar-refractivity contribution in [3.05, 3.63) is 18.0 Å². The predicted octanol–water partition coefficient (Wildman–Crippen LogP) is 12.7. The zero-order chi connectivity index (χ0) is 28.6. The third-order valence-electron chi connectivity index (χ3n) is 8.68. The third kappa shape index (κ3) is 25.9. The fourth-order valence-corrected chi connectivity index (χ4v) is 5.92. The Balaban J connectivity index is 1.86. The first-order chi connectivity index (χ1) is 19.9. The number of aromatic nitrogens is 3. The summed E-state index contributed by atoms with van der Waals surface area (Å²) in [4.78, 5) is 13.6. The molecule has 0 aromatic carbocycles. The Morgan fingerprint density at radius 1 is 0.325 bits per heavy atom. The zero-order valence-corrected chi connectivity index (χ0v) is 27.5. The van der Waals surface area contributed by atoms with Gasteiger partial charge < -0.3 is 0 Å². The van der Waals surface area contributed by atoms with Gasteiger partial charge in [-0.05, 0) is 12.8 Å². The minimum atomic E-state index is 1.01. The molecule has 0 aliphatic heterocycles. The highest BCUT2D eigenvalue weighted by molar-refractivity contribution is 4.91. The maximum Gasteiger partial charge on any atom is 0.132 e. The van der Waals surface area contributed by atoms with E-state index < -0.39 is 0 Å². The summed E-state index contributed by atoms with van der Waals surface area (Å²) < 4.78 is 0. The molecule has 0 N–H and O–H groups in total. The van der Waals surface area contributed by atoms with E-state index in [4.69, 9.17) is 4.98 Å². The first-order valence-corrected chi connectivity index (χ1v) is 18.5. The van der Waals surface area contributed by atoms with Crippen molar-refractivity contribution in [2.24, 2.45) is 0 Å². The predicted molar refractivity (Wildman–Crippen MR) is 177 cm³/mol. The molecule has 0 bridgehead atoms. The Bertz CT molecular complexity index is 568. The van der Waals surface area contributed by atoms with Gasteiger partial charge in [-0.3, -0.25) is 0 Å². The van der Waals surface area contributed by atoms with E-state index in [9.17, 15) is 0 Å². The van der Waals surface area contributed by atoms with Crippen LogP contribution in [-0.4, -0.2) is 15.0 Å². The molecule has 3 nitrogen and oxygen atoms in total. The number of nitrogens with zero attached hydrogens (tertiary/aromatic N) is 3. The largest absolute Gasteiger partial charge is 0.221 e. The van der Waals surface area contributed by atoms with Crippen molar-refractivity contribution in [3.63, 3.8) is 0 Å². The lowest BCUT2D eigenvalue weighted by molar-refractivity contribution is 0.530. The first kappa shape index (κ1) is 37.0. The molecule has 3 heteroatoms. The first-order valence-electron chi connectivity index (χ1n) is 18.5. The maximum atomic E-state index is 4.76. The summed E-state index contributed by atoms with van der Waals surface area (Å²) in [6, 6.07) is 0. The van der Waals surface area contributed by atoms with Gasteiger partial charge in [0.05, 0.1) is 0 Å². The van der Waals surface area contributed by atoms with Crippen molar-refractivity contribution < 1.29 is 0 Å². The van der Waals surface area contributed by atoms with Crippen molar-refractivity contribution in [1.29, 1.82) is 0 Å². The van der Waals surface area contributed by atoms with Gasteiger partial charge in [-0.25, -0.2) is 15.0 Å². The molecule has 0 amide bonds. The Morgan fingerprint density at radius 2 is 0.550 bits per heavy atom. The van der Waals surface area contributed by atoms with E-state index in [1.54, 1.807) is 6.33 Å². The molecule has 40 heavy (non-hydrogen) atoms. The van der Waals surface area contributed by atoms with Crippen LogP contribution < -0.4 is 0 Å². The number of aryl methyl sites for hydroxylation is 2. The molecule has 0 radical (unpaired) electrons. The fraction of sp³-hybridized carbons (Fsp3) is 0.919. The summed E-state index contributed by atoms with van der Waals surface area (Å²) in [5.74, 6) is 2.03. The Hall–Kier alpha value is -0.990. The molecule has 1 rings (SSSR count). The molecule has 1 aromatic rings. The van der Waals surface area contributed by atoms with Crippen LogP contribution in [0.15, 0.2) is 6.33 Å². The van der Waals surface area contributed by atoms with Crippen molar-refractivity contribution in [1.82, 2.24) is 15.0 Å². The number of hydrogen-bond acceptors (Lipinski definition) is 3. The highest BCUT2D eigenvalue weighted by atomic mass is 15.0. The van der Waals surface area contributed by atoms with Crippen LogP contribution in [0.1, 0.15) is 218 Å². The van der Waals surface area contributed by atoms with Gasteiger partial charge >= 0.3 is 0 Å². The van der Waals surface area contributed by atoms with E-state index in [0.717, 1.165) is 24.5 Å². The molecule has 0 saturated heterocycles. The molecule has 0 spiro atoms. The fourth-order valence-electron chi connectivity index (χ4n) is 5.92. The molecular formula is C37H71N3. The van der Waals surface area contributed by atoms with Crippen molar-refractivity contribution in [3.8, 4) is 0 Å². The molecule has 0 fully saturated rings. The molecule has 0 saturated carbocycles. The average molecular weight is 558 g/mol. The van der Waals surface area contributed by atoms with Gasteiger partial charge in [0.1, 0.15) is 18.0 Å². The maximum absolute atomic E-state index is 4.76. The second-order valence-corrected chi connectivity index (χ2v) is 12.7. The Labute approximate surface area is 251 Å². The lowest BCUT2D eigenvalue weighted by atomic mass is 10.0. The van der Waals surface area contributed by atoms with Gasteiger partial charge in [0.25, 0.3) is 0 Å². The molecule has 0 aliphatic rings.